The van der Waals surface area contributed by atoms with Gasteiger partial charge in [0.25, 0.3) is 0 Å². The quantitative estimate of drug-likeness (QED) is 0.721. The second-order valence-electron chi connectivity index (χ2n) is 3.27. The maximum absolute atomic E-state index is 13.2. The zero-order valence-corrected chi connectivity index (χ0v) is 7.88. The summed E-state index contributed by atoms with van der Waals surface area (Å²) in [6, 6.07) is -0.340. The molecule has 0 spiro atoms. The summed E-state index contributed by atoms with van der Waals surface area (Å²) in [5.41, 5.74) is 0. The molecule has 0 radical (unpaired) electrons. The molecule has 0 aromatic heterocycles. The Bertz CT molecular complexity index is 175. The molecule has 76 valence electrons. The van der Waals surface area contributed by atoms with Gasteiger partial charge in [-0.15, -0.1) is 0 Å². The van der Waals surface area contributed by atoms with Gasteiger partial charge in [-0.25, -0.2) is 9.18 Å². The summed E-state index contributed by atoms with van der Waals surface area (Å²) in [5.74, 6) is 0. The number of halogens is 1. The minimum absolute atomic E-state index is 0.329. The lowest BCUT2D eigenvalue weighted by Crippen LogP contribution is -2.43. The Kier molecular flexibility index (Phi) is 3.99. The minimum Gasteiger partial charge on any atom is -0.450 e. The van der Waals surface area contributed by atoms with Gasteiger partial charge >= 0.3 is 6.09 Å². The lowest BCUT2D eigenvalue weighted by Gasteiger charge is -2.26. The van der Waals surface area contributed by atoms with E-state index in [1.165, 1.54) is 0 Å². The Morgan fingerprint density at radius 3 is 2.85 bits per heavy atom. The molecule has 1 N–H and O–H groups in total. The van der Waals surface area contributed by atoms with Crippen molar-refractivity contribution >= 4 is 6.09 Å². The first-order valence-electron chi connectivity index (χ1n) is 4.81. The Balaban J connectivity index is 2.29. The maximum Gasteiger partial charge on any atom is 0.407 e. The summed E-state index contributed by atoms with van der Waals surface area (Å²) in [7, 11) is 0. The van der Waals surface area contributed by atoms with Crippen molar-refractivity contribution in [3.05, 3.63) is 0 Å². The van der Waals surface area contributed by atoms with Crippen LogP contribution in [0.1, 0.15) is 32.6 Å². The molecular formula is C9H16FNO2. The van der Waals surface area contributed by atoms with E-state index >= 15 is 0 Å². The monoisotopic (exact) mass is 189 g/mol. The van der Waals surface area contributed by atoms with Gasteiger partial charge in [-0.2, -0.15) is 0 Å². The molecule has 13 heavy (non-hydrogen) atoms. The summed E-state index contributed by atoms with van der Waals surface area (Å²) in [4.78, 5) is 11.0. The lowest BCUT2D eigenvalue weighted by molar-refractivity contribution is 0.128. The molecule has 1 rings (SSSR count). The van der Waals surface area contributed by atoms with E-state index in [0.717, 1.165) is 19.3 Å². The highest BCUT2D eigenvalue weighted by Crippen LogP contribution is 2.21. The molecule has 1 saturated carbocycles. The third-order valence-electron chi connectivity index (χ3n) is 2.26. The topological polar surface area (TPSA) is 38.3 Å². The van der Waals surface area contributed by atoms with Crippen molar-refractivity contribution in [3.63, 3.8) is 0 Å². The number of hydrogen-bond donors (Lipinski definition) is 1. The van der Waals surface area contributed by atoms with Crippen molar-refractivity contribution in [2.45, 2.75) is 44.8 Å². The van der Waals surface area contributed by atoms with Crippen LogP contribution in [-0.2, 0) is 4.74 Å². The SMILES string of the molecule is CCOC(=O)N[C@@H]1CCCC[C@H]1F. The predicted octanol–water partition coefficient (Wildman–Crippen LogP) is 2.01. The molecule has 4 heteroatoms. The predicted molar refractivity (Wildman–Crippen MR) is 47.3 cm³/mol. The highest BCUT2D eigenvalue weighted by molar-refractivity contribution is 5.67. The number of ether oxygens (including phenoxy) is 1. The zero-order chi connectivity index (χ0) is 9.68. The number of nitrogens with one attached hydrogen (secondary N) is 1. The zero-order valence-electron chi connectivity index (χ0n) is 7.88. The number of carbonyl (C=O) groups is 1. The standard InChI is InChI=1S/C9H16FNO2/c1-2-13-9(12)11-8-6-4-3-5-7(8)10/h7-8H,2-6H2,1H3,(H,11,12)/t7-,8-/m1/s1. The number of hydrogen-bond acceptors (Lipinski definition) is 2. The summed E-state index contributed by atoms with van der Waals surface area (Å²) in [5, 5.41) is 2.53. The van der Waals surface area contributed by atoms with E-state index in [2.05, 4.69) is 10.1 Å². The van der Waals surface area contributed by atoms with Crippen LogP contribution >= 0.6 is 0 Å². The summed E-state index contributed by atoms with van der Waals surface area (Å²) in [6.07, 6.45) is 1.77. The largest absolute Gasteiger partial charge is 0.450 e. The lowest BCUT2D eigenvalue weighted by atomic mass is 9.94. The first-order chi connectivity index (χ1) is 6.24. The van der Waals surface area contributed by atoms with Gasteiger partial charge in [0.05, 0.1) is 12.6 Å². The van der Waals surface area contributed by atoms with Gasteiger partial charge in [-0.3, -0.25) is 0 Å². The van der Waals surface area contributed by atoms with E-state index in [-0.39, 0.29) is 6.04 Å². The number of carbonyl (C=O) groups excluding carboxylic acids is 1. The van der Waals surface area contributed by atoms with Gasteiger partial charge in [-0.05, 0) is 19.8 Å². The van der Waals surface area contributed by atoms with Crippen molar-refractivity contribution in [3.8, 4) is 0 Å². The van der Waals surface area contributed by atoms with Crippen molar-refractivity contribution in [2.75, 3.05) is 6.61 Å². The van der Waals surface area contributed by atoms with Crippen LogP contribution in [0.25, 0.3) is 0 Å². The minimum atomic E-state index is -0.904. The van der Waals surface area contributed by atoms with Crippen molar-refractivity contribution in [1.29, 1.82) is 0 Å². The second-order valence-corrected chi connectivity index (χ2v) is 3.27. The molecule has 3 nitrogen and oxygen atoms in total. The number of alkyl halides is 1. The first-order valence-corrected chi connectivity index (χ1v) is 4.81. The van der Waals surface area contributed by atoms with Crippen LogP contribution in [0, 0.1) is 0 Å². The highest BCUT2D eigenvalue weighted by Gasteiger charge is 2.26. The number of rotatable bonds is 2. The van der Waals surface area contributed by atoms with Gasteiger partial charge in [0.15, 0.2) is 0 Å². The molecule has 0 aromatic carbocycles. The van der Waals surface area contributed by atoms with Gasteiger partial charge in [0.2, 0.25) is 0 Å². The molecule has 0 aromatic rings. The van der Waals surface area contributed by atoms with E-state index in [1.807, 2.05) is 0 Å². The molecular weight excluding hydrogens is 173 g/mol. The van der Waals surface area contributed by atoms with E-state index in [0.29, 0.717) is 13.0 Å². The van der Waals surface area contributed by atoms with E-state index < -0.39 is 12.3 Å². The fourth-order valence-corrected chi connectivity index (χ4v) is 1.57. The first kappa shape index (κ1) is 10.3. The molecule has 2 atom stereocenters. The van der Waals surface area contributed by atoms with Crippen LogP contribution < -0.4 is 5.32 Å². The van der Waals surface area contributed by atoms with Crippen LogP contribution in [0.4, 0.5) is 9.18 Å². The fourth-order valence-electron chi connectivity index (χ4n) is 1.57. The van der Waals surface area contributed by atoms with E-state index in [4.69, 9.17) is 0 Å². The third-order valence-corrected chi connectivity index (χ3v) is 2.26. The van der Waals surface area contributed by atoms with Crippen LogP contribution in [0.5, 0.6) is 0 Å². The average molecular weight is 189 g/mol. The summed E-state index contributed by atoms with van der Waals surface area (Å²) < 4.78 is 17.9. The molecule has 1 aliphatic carbocycles. The summed E-state index contributed by atoms with van der Waals surface area (Å²) in [6.45, 7) is 2.06. The van der Waals surface area contributed by atoms with Crippen molar-refractivity contribution < 1.29 is 13.9 Å². The highest BCUT2D eigenvalue weighted by atomic mass is 19.1. The normalized spacial score (nSPS) is 28.2. The average Bonchev–Trinajstić information content (AvgIpc) is 2.09. The van der Waals surface area contributed by atoms with Crippen LogP contribution in [0.2, 0.25) is 0 Å². The van der Waals surface area contributed by atoms with Crippen LogP contribution in [0.15, 0.2) is 0 Å². The van der Waals surface area contributed by atoms with Gasteiger partial charge in [0, 0.05) is 0 Å². The molecule has 0 aliphatic heterocycles. The molecule has 1 amide bonds. The van der Waals surface area contributed by atoms with Gasteiger partial charge < -0.3 is 10.1 Å². The number of amides is 1. The van der Waals surface area contributed by atoms with Gasteiger partial charge in [0.1, 0.15) is 6.17 Å². The Hall–Kier alpha value is -0.800. The number of alkyl carbamates (subject to hydrolysis) is 1. The fraction of sp³-hybridized carbons (Fsp3) is 0.889. The van der Waals surface area contributed by atoms with Crippen LogP contribution in [0.3, 0.4) is 0 Å². The molecule has 0 unspecified atom stereocenters. The second kappa shape index (κ2) is 5.04. The van der Waals surface area contributed by atoms with E-state index in [1.54, 1.807) is 6.92 Å². The Labute approximate surface area is 77.6 Å². The Morgan fingerprint density at radius 2 is 2.23 bits per heavy atom. The molecule has 1 fully saturated rings. The van der Waals surface area contributed by atoms with E-state index in [9.17, 15) is 9.18 Å². The smallest absolute Gasteiger partial charge is 0.407 e. The van der Waals surface area contributed by atoms with Crippen molar-refractivity contribution in [2.24, 2.45) is 0 Å². The van der Waals surface area contributed by atoms with Gasteiger partial charge in [-0.1, -0.05) is 12.8 Å². The van der Waals surface area contributed by atoms with Crippen LogP contribution in [-0.4, -0.2) is 24.9 Å². The molecule has 1 aliphatic rings. The third kappa shape index (κ3) is 3.20. The molecule has 0 heterocycles. The maximum atomic E-state index is 13.2. The van der Waals surface area contributed by atoms with Crippen molar-refractivity contribution in [1.82, 2.24) is 5.32 Å². The molecule has 0 bridgehead atoms. The molecule has 0 saturated heterocycles. The summed E-state index contributed by atoms with van der Waals surface area (Å²) >= 11 is 0. The Morgan fingerprint density at radius 1 is 1.54 bits per heavy atom.